The minimum atomic E-state index is -0.168. The van der Waals surface area contributed by atoms with E-state index in [-0.39, 0.29) is 17.0 Å². The Bertz CT molecular complexity index is 1400. The van der Waals surface area contributed by atoms with Crippen molar-refractivity contribution in [3.05, 3.63) is 60.5 Å². The van der Waals surface area contributed by atoms with Crippen molar-refractivity contribution in [2.75, 3.05) is 18.0 Å². The van der Waals surface area contributed by atoms with Crippen molar-refractivity contribution in [3.63, 3.8) is 0 Å². The van der Waals surface area contributed by atoms with Gasteiger partial charge in [0.25, 0.3) is 5.56 Å². The number of halogens is 1. The topological polar surface area (TPSA) is 104 Å². The molecule has 6 rings (SSSR count). The van der Waals surface area contributed by atoms with E-state index in [0.717, 1.165) is 43.5 Å². The molecule has 9 heteroatoms. The van der Waals surface area contributed by atoms with Crippen LogP contribution in [-0.4, -0.2) is 33.3 Å². The summed E-state index contributed by atoms with van der Waals surface area (Å²) in [5, 5.41) is 10.1. The average Bonchev–Trinajstić information content (AvgIpc) is 3.44. The molecule has 7 nitrogen and oxygen atoms in total. The summed E-state index contributed by atoms with van der Waals surface area (Å²) >= 11 is 5.40. The molecular weight excluding hydrogens is 488 g/mol. The van der Waals surface area contributed by atoms with Crippen molar-refractivity contribution in [2.24, 2.45) is 11.1 Å². The van der Waals surface area contributed by atoms with Crippen molar-refractivity contribution in [1.82, 2.24) is 20.2 Å². The third kappa shape index (κ3) is 2.98. The number of aryl methyl sites for hydroxylation is 1. The molecule has 1 aliphatic heterocycles. The van der Waals surface area contributed by atoms with Gasteiger partial charge in [-0.05, 0) is 70.1 Å². The van der Waals surface area contributed by atoms with Gasteiger partial charge in [0, 0.05) is 24.7 Å². The maximum absolute atomic E-state index is 13.0. The van der Waals surface area contributed by atoms with E-state index in [2.05, 4.69) is 41.4 Å². The van der Waals surface area contributed by atoms with E-state index < -0.39 is 0 Å². The van der Waals surface area contributed by atoms with E-state index in [1.54, 1.807) is 11.3 Å². The molecule has 2 aliphatic rings. The van der Waals surface area contributed by atoms with Gasteiger partial charge < -0.3 is 10.6 Å². The standard InChI is InChI=1S/C23H23BrN6OS/c1-12-3-2-4-13(9-12)17-16-20(29-28-17)26-22(27-21(16)31)30-7-5-23(6-8-30)10-14-11-32-19(24)15(14)18(23)25/h2-4,9,11,18H,5-8,10,25H2,1H3,(H2,26,27,28,29,31)/t18-/m1/s1. The largest absolute Gasteiger partial charge is 0.342 e. The highest BCUT2D eigenvalue weighted by atomic mass is 79.9. The molecule has 1 spiro atoms. The van der Waals surface area contributed by atoms with Gasteiger partial charge in [0.15, 0.2) is 5.65 Å². The predicted molar refractivity (Wildman–Crippen MR) is 131 cm³/mol. The summed E-state index contributed by atoms with van der Waals surface area (Å²) in [5.74, 6) is 0.585. The third-order valence-electron chi connectivity index (χ3n) is 7.15. The SMILES string of the molecule is Cc1cccc(-c2[nH]nc3nc(N4CCC5(CC4)Cc4csc(Br)c4[C@H]5N)[nH]c(=O)c23)c1. The molecule has 164 valence electrons. The molecule has 0 amide bonds. The molecule has 4 heterocycles. The summed E-state index contributed by atoms with van der Waals surface area (Å²) in [5.41, 5.74) is 12.5. The van der Waals surface area contributed by atoms with E-state index >= 15 is 0 Å². The van der Waals surface area contributed by atoms with Crippen LogP contribution in [0, 0.1) is 12.3 Å². The van der Waals surface area contributed by atoms with Crippen LogP contribution in [0.1, 0.15) is 35.6 Å². The van der Waals surface area contributed by atoms with Gasteiger partial charge in [-0.1, -0.05) is 23.8 Å². The second-order valence-electron chi connectivity index (χ2n) is 9.01. The number of nitrogens with one attached hydrogen (secondary N) is 2. The molecule has 4 N–H and O–H groups in total. The Kier molecular flexibility index (Phi) is 4.57. The first kappa shape index (κ1) is 20.1. The van der Waals surface area contributed by atoms with E-state index in [0.29, 0.717) is 22.7 Å². The number of hydrogen-bond acceptors (Lipinski definition) is 6. The lowest BCUT2D eigenvalue weighted by molar-refractivity contribution is 0.186. The maximum atomic E-state index is 13.0. The number of benzene rings is 1. The fraction of sp³-hybridized carbons (Fsp3) is 0.348. The zero-order valence-corrected chi connectivity index (χ0v) is 20.0. The van der Waals surface area contributed by atoms with Gasteiger partial charge in [-0.15, -0.1) is 11.3 Å². The number of piperidine rings is 1. The summed E-state index contributed by atoms with van der Waals surface area (Å²) in [7, 11) is 0. The summed E-state index contributed by atoms with van der Waals surface area (Å²) < 4.78 is 1.17. The number of aromatic amines is 2. The molecule has 1 atom stereocenters. The minimum absolute atomic E-state index is 0.0537. The van der Waals surface area contributed by atoms with Crippen LogP contribution in [-0.2, 0) is 6.42 Å². The number of fused-ring (bicyclic) bond motifs is 2. The number of nitrogens with two attached hydrogens (primary N) is 1. The van der Waals surface area contributed by atoms with Crippen molar-refractivity contribution in [1.29, 1.82) is 0 Å². The van der Waals surface area contributed by atoms with Crippen LogP contribution in [0.3, 0.4) is 0 Å². The van der Waals surface area contributed by atoms with Crippen molar-refractivity contribution < 1.29 is 0 Å². The van der Waals surface area contributed by atoms with Gasteiger partial charge in [0.2, 0.25) is 5.95 Å². The number of thiophene rings is 1. The molecule has 1 saturated heterocycles. The molecule has 1 aromatic carbocycles. The number of H-pyrrole nitrogens is 2. The zero-order valence-electron chi connectivity index (χ0n) is 17.6. The molecule has 1 fully saturated rings. The fourth-order valence-electron chi connectivity index (χ4n) is 5.36. The normalized spacial score (nSPS) is 19.7. The van der Waals surface area contributed by atoms with Gasteiger partial charge in [-0.25, -0.2) is 0 Å². The first-order valence-electron chi connectivity index (χ1n) is 10.8. The van der Waals surface area contributed by atoms with Gasteiger partial charge >= 0.3 is 0 Å². The Balaban J connectivity index is 1.28. The molecule has 4 aromatic rings. The monoisotopic (exact) mass is 510 g/mol. The number of aromatic nitrogens is 4. The number of rotatable bonds is 2. The Morgan fingerprint density at radius 3 is 2.88 bits per heavy atom. The highest BCUT2D eigenvalue weighted by Crippen LogP contribution is 2.54. The minimum Gasteiger partial charge on any atom is -0.342 e. The lowest BCUT2D eigenvalue weighted by Crippen LogP contribution is -2.45. The summed E-state index contributed by atoms with van der Waals surface area (Å²) in [6, 6.07) is 8.06. The van der Waals surface area contributed by atoms with Gasteiger partial charge in [-0.3, -0.25) is 14.9 Å². The van der Waals surface area contributed by atoms with E-state index in [9.17, 15) is 4.79 Å². The Labute approximate surface area is 197 Å². The molecule has 0 radical (unpaired) electrons. The van der Waals surface area contributed by atoms with Gasteiger partial charge in [0.1, 0.15) is 5.39 Å². The second kappa shape index (κ2) is 7.26. The Morgan fingerprint density at radius 1 is 1.31 bits per heavy atom. The molecule has 0 saturated carbocycles. The first-order valence-corrected chi connectivity index (χ1v) is 12.4. The molecule has 32 heavy (non-hydrogen) atoms. The number of nitrogens with zero attached hydrogens (tertiary/aromatic N) is 3. The summed E-state index contributed by atoms with van der Waals surface area (Å²) in [6.07, 6.45) is 2.97. The highest BCUT2D eigenvalue weighted by Gasteiger charge is 2.47. The Hall–Kier alpha value is -2.49. The smallest absolute Gasteiger partial charge is 0.264 e. The van der Waals surface area contributed by atoms with Crippen LogP contribution in [0.15, 0.2) is 38.2 Å². The van der Waals surface area contributed by atoms with Crippen LogP contribution in [0.4, 0.5) is 5.95 Å². The van der Waals surface area contributed by atoms with E-state index in [4.69, 9.17) is 10.7 Å². The lowest BCUT2D eigenvalue weighted by Gasteiger charge is -2.42. The van der Waals surface area contributed by atoms with Gasteiger partial charge in [0.05, 0.1) is 9.48 Å². The van der Waals surface area contributed by atoms with E-state index in [1.807, 2.05) is 31.2 Å². The van der Waals surface area contributed by atoms with Gasteiger partial charge in [-0.2, -0.15) is 10.1 Å². The first-order chi connectivity index (χ1) is 15.4. The zero-order chi connectivity index (χ0) is 22.0. The van der Waals surface area contributed by atoms with E-state index in [1.165, 1.54) is 14.9 Å². The lowest BCUT2D eigenvalue weighted by atomic mass is 9.73. The number of hydrogen-bond donors (Lipinski definition) is 3. The maximum Gasteiger partial charge on any atom is 0.264 e. The van der Waals surface area contributed by atoms with Crippen LogP contribution in [0.5, 0.6) is 0 Å². The predicted octanol–water partition coefficient (Wildman–Crippen LogP) is 4.29. The van der Waals surface area contributed by atoms with Crippen LogP contribution in [0.2, 0.25) is 0 Å². The van der Waals surface area contributed by atoms with Crippen LogP contribution in [0.25, 0.3) is 22.3 Å². The molecule has 0 unspecified atom stereocenters. The third-order valence-corrected chi connectivity index (χ3v) is 8.97. The molecule has 0 bridgehead atoms. The summed E-state index contributed by atoms with van der Waals surface area (Å²) in [4.78, 5) is 22.9. The fourth-order valence-corrected chi connectivity index (χ4v) is 6.98. The Morgan fingerprint density at radius 2 is 2.12 bits per heavy atom. The molecular formula is C23H23BrN6OS. The van der Waals surface area contributed by atoms with Crippen molar-refractivity contribution in [2.45, 2.75) is 32.2 Å². The van der Waals surface area contributed by atoms with Crippen molar-refractivity contribution in [3.8, 4) is 11.3 Å². The molecule has 1 aliphatic carbocycles. The van der Waals surface area contributed by atoms with Crippen molar-refractivity contribution >= 4 is 44.2 Å². The second-order valence-corrected chi connectivity index (χ2v) is 11.2. The van der Waals surface area contributed by atoms with Crippen LogP contribution < -0.4 is 16.2 Å². The highest BCUT2D eigenvalue weighted by molar-refractivity contribution is 9.11. The molecule has 3 aromatic heterocycles. The number of anilines is 1. The quantitative estimate of drug-likeness (QED) is 0.373. The van der Waals surface area contributed by atoms with Crippen LogP contribution >= 0.6 is 27.3 Å². The summed E-state index contributed by atoms with van der Waals surface area (Å²) in [6.45, 7) is 3.64. The average molecular weight is 511 g/mol.